The van der Waals surface area contributed by atoms with E-state index in [9.17, 15) is 0 Å². The zero-order chi connectivity index (χ0) is 10.8. The van der Waals surface area contributed by atoms with Gasteiger partial charge in [-0.05, 0) is 31.8 Å². The molecule has 0 spiro atoms. The maximum Gasteiger partial charge on any atom is 0.243 e. The van der Waals surface area contributed by atoms with E-state index >= 15 is 0 Å². The van der Waals surface area contributed by atoms with Crippen LogP contribution in [0, 0.1) is 6.92 Å². The van der Waals surface area contributed by atoms with Gasteiger partial charge < -0.3 is 9.84 Å². The van der Waals surface area contributed by atoms with Crippen molar-refractivity contribution in [1.82, 2.24) is 15.5 Å². The van der Waals surface area contributed by atoms with Crippen molar-refractivity contribution in [2.75, 3.05) is 7.05 Å². The molecule has 0 radical (unpaired) electrons. The van der Waals surface area contributed by atoms with Gasteiger partial charge in [-0.2, -0.15) is 16.3 Å². The lowest BCUT2D eigenvalue weighted by molar-refractivity contribution is 0.347. The number of nitrogens with one attached hydrogen (secondary N) is 1. The molecule has 0 aliphatic heterocycles. The molecule has 1 N–H and O–H groups in total. The zero-order valence-electron chi connectivity index (χ0n) is 8.94. The van der Waals surface area contributed by atoms with Gasteiger partial charge >= 0.3 is 0 Å². The molecule has 2 aromatic heterocycles. The second kappa shape index (κ2) is 4.12. The molecule has 5 heteroatoms. The summed E-state index contributed by atoms with van der Waals surface area (Å²) >= 11 is 1.65. The summed E-state index contributed by atoms with van der Waals surface area (Å²) in [4.78, 5) is 4.35. The van der Waals surface area contributed by atoms with Gasteiger partial charge in [-0.3, -0.25) is 0 Å². The summed E-state index contributed by atoms with van der Waals surface area (Å²) in [7, 11) is 1.87. The highest BCUT2D eigenvalue weighted by molar-refractivity contribution is 7.08. The molecule has 15 heavy (non-hydrogen) atoms. The molecule has 2 rings (SSSR count). The van der Waals surface area contributed by atoms with E-state index in [0.717, 1.165) is 5.56 Å². The topological polar surface area (TPSA) is 51.0 Å². The molecule has 2 aromatic rings. The molecular weight excluding hydrogens is 210 g/mol. The molecular formula is C10H13N3OS. The Bertz CT molecular complexity index is 449. The van der Waals surface area contributed by atoms with Gasteiger partial charge in [0, 0.05) is 10.9 Å². The van der Waals surface area contributed by atoms with Crippen LogP contribution >= 0.6 is 11.3 Å². The molecule has 0 amide bonds. The predicted molar refractivity (Wildman–Crippen MR) is 59.8 cm³/mol. The van der Waals surface area contributed by atoms with Crippen LogP contribution in [-0.4, -0.2) is 17.2 Å². The smallest absolute Gasteiger partial charge is 0.243 e. The van der Waals surface area contributed by atoms with Crippen molar-refractivity contribution in [1.29, 1.82) is 0 Å². The van der Waals surface area contributed by atoms with Gasteiger partial charge in [-0.1, -0.05) is 5.16 Å². The van der Waals surface area contributed by atoms with Crippen LogP contribution in [0.4, 0.5) is 0 Å². The van der Waals surface area contributed by atoms with E-state index in [1.165, 1.54) is 5.56 Å². The summed E-state index contributed by atoms with van der Waals surface area (Å²) in [6.45, 7) is 4.03. The fourth-order valence-electron chi connectivity index (χ4n) is 1.23. The summed E-state index contributed by atoms with van der Waals surface area (Å²) in [5, 5.41) is 11.1. The molecule has 0 fully saturated rings. The largest absolute Gasteiger partial charge is 0.337 e. The number of aryl methyl sites for hydroxylation is 1. The van der Waals surface area contributed by atoms with Gasteiger partial charge in [-0.15, -0.1) is 0 Å². The van der Waals surface area contributed by atoms with E-state index in [1.807, 2.05) is 26.3 Å². The molecule has 0 bridgehead atoms. The van der Waals surface area contributed by atoms with Crippen LogP contribution in [0.3, 0.4) is 0 Å². The van der Waals surface area contributed by atoms with Crippen LogP contribution in [0.25, 0.3) is 11.4 Å². The van der Waals surface area contributed by atoms with Crippen molar-refractivity contribution in [3.8, 4) is 11.4 Å². The summed E-state index contributed by atoms with van der Waals surface area (Å²) in [6, 6.07) is 0.0881. The third-order valence-corrected chi connectivity index (χ3v) is 3.20. The van der Waals surface area contributed by atoms with Crippen LogP contribution < -0.4 is 5.32 Å². The fourth-order valence-corrected chi connectivity index (χ4v) is 2.06. The molecule has 0 aromatic carbocycles. The Kier molecular flexibility index (Phi) is 2.83. The van der Waals surface area contributed by atoms with Gasteiger partial charge in [-0.25, -0.2) is 0 Å². The first kappa shape index (κ1) is 10.3. The number of hydrogen-bond acceptors (Lipinski definition) is 5. The van der Waals surface area contributed by atoms with Crippen molar-refractivity contribution < 1.29 is 4.52 Å². The Balaban J connectivity index is 2.32. The number of thiophene rings is 1. The van der Waals surface area contributed by atoms with Crippen LogP contribution in [0.5, 0.6) is 0 Å². The first-order chi connectivity index (χ1) is 7.22. The Morgan fingerprint density at radius 1 is 1.47 bits per heavy atom. The molecule has 1 unspecified atom stereocenters. The molecule has 80 valence electrons. The van der Waals surface area contributed by atoms with E-state index in [-0.39, 0.29) is 6.04 Å². The molecule has 0 saturated heterocycles. The van der Waals surface area contributed by atoms with E-state index in [0.29, 0.717) is 11.7 Å². The normalized spacial score (nSPS) is 13.0. The maximum atomic E-state index is 5.18. The first-order valence-electron chi connectivity index (χ1n) is 4.76. The highest BCUT2D eigenvalue weighted by atomic mass is 32.1. The Morgan fingerprint density at radius 3 is 2.87 bits per heavy atom. The Labute approximate surface area is 92.3 Å². The van der Waals surface area contributed by atoms with Gasteiger partial charge in [0.15, 0.2) is 0 Å². The highest BCUT2D eigenvalue weighted by Crippen LogP contribution is 2.25. The minimum Gasteiger partial charge on any atom is -0.337 e. The first-order valence-corrected chi connectivity index (χ1v) is 5.70. The van der Waals surface area contributed by atoms with Crippen LogP contribution in [-0.2, 0) is 0 Å². The lowest BCUT2D eigenvalue weighted by atomic mass is 10.2. The minimum absolute atomic E-state index is 0.0881. The third-order valence-electron chi connectivity index (χ3n) is 2.34. The number of aromatic nitrogens is 2. The van der Waals surface area contributed by atoms with Crippen LogP contribution in [0.15, 0.2) is 15.3 Å². The predicted octanol–water partition coefficient (Wildman–Crippen LogP) is 2.39. The lowest BCUT2D eigenvalue weighted by Crippen LogP contribution is -2.12. The number of rotatable bonds is 3. The van der Waals surface area contributed by atoms with E-state index in [4.69, 9.17) is 4.52 Å². The van der Waals surface area contributed by atoms with E-state index in [2.05, 4.69) is 20.8 Å². The summed E-state index contributed by atoms with van der Waals surface area (Å²) < 4.78 is 5.18. The van der Waals surface area contributed by atoms with Gasteiger partial charge in [0.05, 0.1) is 6.04 Å². The Morgan fingerprint density at radius 2 is 2.27 bits per heavy atom. The molecule has 4 nitrogen and oxygen atoms in total. The summed E-state index contributed by atoms with van der Waals surface area (Å²) in [6.07, 6.45) is 0. The average Bonchev–Trinajstić information content (AvgIpc) is 2.84. The molecule has 1 atom stereocenters. The fraction of sp³-hybridized carbons (Fsp3) is 0.400. The summed E-state index contributed by atoms with van der Waals surface area (Å²) in [5.41, 5.74) is 2.24. The zero-order valence-corrected chi connectivity index (χ0v) is 9.76. The van der Waals surface area contributed by atoms with Crippen molar-refractivity contribution in [3.63, 3.8) is 0 Å². The second-order valence-corrected chi connectivity index (χ2v) is 4.18. The van der Waals surface area contributed by atoms with Crippen LogP contribution in [0.1, 0.15) is 24.4 Å². The van der Waals surface area contributed by atoms with Crippen molar-refractivity contribution >= 4 is 11.3 Å². The monoisotopic (exact) mass is 223 g/mol. The van der Waals surface area contributed by atoms with Crippen molar-refractivity contribution in [2.24, 2.45) is 0 Å². The van der Waals surface area contributed by atoms with Gasteiger partial charge in [0.1, 0.15) is 0 Å². The number of hydrogen-bond donors (Lipinski definition) is 1. The van der Waals surface area contributed by atoms with Crippen molar-refractivity contribution in [2.45, 2.75) is 19.9 Å². The van der Waals surface area contributed by atoms with E-state index < -0.39 is 0 Å². The summed E-state index contributed by atoms with van der Waals surface area (Å²) in [5.74, 6) is 1.30. The Hall–Kier alpha value is -1.20. The average molecular weight is 223 g/mol. The molecule has 0 aliphatic carbocycles. The molecule has 0 saturated carbocycles. The standard InChI is InChI=1S/C10H13N3OS/c1-6-4-15-5-8(6)9-12-10(14-13-9)7(2)11-3/h4-5,7,11H,1-3H3. The van der Waals surface area contributed by atoms with Gasteiger partial charge in [0.25, 0.3) is 0 Å². The minimum atomic E-state index is 0.0881. The molecule has 2 heterocycles. The van der Waals surface area contributed by atoms with E-state index in [1.54, 1.807) is 11.3 Å². The molecule has 0 aliphatic rings. The highest BCUT2D eigenvalue weighted by Gasteiger charge is 2.14. The maximum absolute atomic E-state index is 5.18. The SMILES string of the molecule is CNC(C)c1nc(-c2cscc2C)no1. The number of nitrogens with zero attached hydrogens (tertiary/aromatic N) is 2. The van der Waals surface area contributed by atoms with Gasteiger partial charge in [0.2, 0.25) is 11.7 Å². The second-order valence-electron chi connectivity index (χ2n) is 3.44. The van der Waals surface area contributed by atoms with Crippen LogP contribution in [0.2, 0.25) is 0 Å². The lowest BCUT2D eigenvalue weighted by Gasteiger charge is -2.01. The van der Waals surface area contributed by atoms with Crippen molar-refractivity contribution in [3.05, 3.63) is 22.2 Å². The third kappa shape index (κ3) is 1.93. The quantitative estimate of drug-likeness (QED) is 0.868.